The lowest BCUT2D eigenvalue weighted by Crippen LogP contribution is -2.48. The van der Waals surface area contributed by atoms with E-state index in [0.717, 1.165) is 34.7 Å². The minimum absolute atomic E-state index is 0.00789. The molecular weight excluding hydrogens is 598 g/mol. The number of ether oxygens (including phenoxy) is 3. The van der Waals surface area contributed by atoms with E-state index in [1.54, 1.807) is 0 Å². The average molecular weight is 642 g/mol. The summed E-state index contributed by atoms with van der Waals surface area (Å²) in [5, 5.41) is 7.69. The van der Waals surface area contributed by atoms with Crippen LogP contribution in [0.25, 0.3) is 0 Å². The summed E-state index contributed by atoms with van der Waals surface area (Å²) >= 11 is 0. The summed E-state index contributed by atoms with van der Waals surface area (Å²) in [7, 11) is 0. The van der Waals surface area contributed by atoms with Crippen molar-refractivity contribution in [3.05, 3.63) is 70.5 Å². The second-order valence-corrected chi connectivity index (χ2v) is 13.3. The van der Waals surface area contributed by atoms with Gasteiger partial charge in [0.2, 0.25) is 11.8 Å². The molecule has 11 heteroatoms. The maximum absolute atomic E-state index is 13.6. The monoisotopic (exact) mass is 641 g/mol. The van der Waals surface area contributed by atoms with Gasteiger partial charge in [-0.25, -0.2) is 0 Å². The molecule has 0 unspecified atom stereocenters. The molecule has 5 aliphatic heterocycles. The van der Waals surface area contributed by atoms with Crippen molar-refractivity contribution in [2.75, 3.05) is 52.5 Å². The first-order valence-electron chi connectivity index (χ1n) is 16.8. The number of carbonyl (C=O) groups excluding carboxylic acids is 3. The third kappa shape index (κ3) is 6.27. The summed E-state index contributed by atoms with van der Waals surface area (Å²) in [5.74, 6) is 2.16. The van der Waals surface area contributed by atoms with Gasteiger partial charge in [-0.3, -0.25) is 19.1 Å². The van der Waals surface area contributed by atoms with E-state index in [2.05, 4.69) is 16.5 Å². The third-order valence-corrected chi connectivity index (χ3v) is 10.1. The number of aryl methyl sites for hydroxylation is 3. The molecule has 248 valence electrons. The van der Waals surface area contributed by atoms with Crippen LogP contribution in [0.2, 0.25) is 0 Å². The Morgan fingerprint density at radius 1 is 0.979 bits per heavy atom. The van der Waals surface area contributed by atoms with Gasteiger partial charge < -0.3 is 29.3 Å². The van der Waals surface area contributed by atoms with Gasteiger partial charge in [0.25, 0.3) is 5.91 Å². The largest absolute Gasteiger partial charge is 0.493 e. The van der Waals surface area contributed by atoms with Crippen molar-refractivity contribution in [3.63, 3.8) is 0 Å². The van der Waals surface area contributed by atoms with Crippen LogP contribution in [0.3, 0.4) is 0 Å². The molecule has 11 nitrogen and oxygen atoms in total. The summed E-state index contributed by atoms with van der Waals surface area (Å²) in [6, 6.07) is 13.6. The van der Waals surface area contributed by atoms with E-state index in [9.17, 15) is 14.4 Å². The average Bonchev–Trinajstić information content (AvgIpc) is 3.79. The first-order chi connectivity index (χ1) is 22.8. The van der Waals surface area contributed by atoms with Crippen LogP contribution in [0.5, 0.6) is 17.2 Å². The number of benzene rings is 2. The maximum Gasteiger partial charge on any atom is 0.253 e. The molecule has 3 amide bonds. The van der Waals surface area contributed by atoms with Crippen molar-refractivity contribution < 1.29 is 28.6 Å². The molecule has 3 aromatic rings. The molecule has 2 atom stereocenters. The van der Waals surface area contributed by atoms with Gasteiger partial charge in [-0.05, 0) is 62.6 Å². The molecule has 0 aliphatic carbocycles. The van der Waals surface area contributed by atoms with E-state index in [-0.39, 0.29) is 23.6 Å². The van der Waals surface area contributed by atoms with Gasteiger partial charge in [-0.2, -0.15) is 5.10 Å². The molecule has 5 aliphatic rings. The highest BCUT2D eigenvalue weighted by Gasteiger charge is 2.53. The Labute approximate surface area is 275 Å². The van der Waals surface area contributed by atoms with Crippen molar-refractivity contribution in [1.82, 2.24) is 24.9 Å². The van der Waals surface area contributed by atoms with Crippen molar-refractivity contribution in [3.8, 4) is 17.2 Å². The van der Waals surface area contributed by atoms with Crippen LogP contribution >= 0.6 is 0 Å². The number of nitrogens with zero attached hydrogens (tertiary/aromatic N) is 4. The molecule has 4 bridgehead atoms. The number of hydrogen-bond donors (Lipinski definition) is 1. The fourth-order valence-corrected chi connectivity index (χ4v) is 7.56. The second-order valence-electron chi connectivity index (χ2n) is 13.3. The highest BCUT2D eigenvalue weighted by atomic mass is 16.5. The van der Waals surface area contributed by atoms with Crippen LogP contribution in [0.15, 0.2) is 42.5 Å². The Morgan fingerprint density at radius 3 is 2.68 bits per heavy atom. The fourth-order valence-electron chi connectivity index (χ4n) is 7.56. The van der Waals surface area contributed by atoms with E-state index < -0.39 is 5.41 Å². The molecule has 0 saturated carbocycles. The maximum atomic E-state index is 13.6. The zero-order valence-electron chi connectivity index (χ0n) is 27.3. The van der Waals surface area contributed by atoms with Gasteiger partial charge in [0.1, 0.15) is 5.75 Å². The van der Waals surface area contributed by atoms with Crippen molar-refractivity contribution in [1.29, 1.82) is 0 Å². The summed E-state index contributed by atoms with van der Waals surface area (Å²) in [6.07, 6.45) is 2.61. The Bertz CT molecular complexity index is 1690. The summed E-state index contributed by atoms with van der Waals surface area (Å²) in [4.78, 5) is 44.1. The van der Waals surface area contributed by atoms with E-state index in [1.807, 2.05) is 64.7 Å². The summed E-state index contributed by atoms with van der Waals surface area (Å²) in [6.45, 7) is 8.31. The Morgan fingerprint density at radius 2 is 1.83 bits per heavy atom. The Hall–Kier alpha value is -4.54. The fraction of sp³-hybridized carbons (Fsp3) is 0.500. The van der Waals surface area contributed by atoms with Gasteiger partial charge in [0.05, 0.1) is 25.5 Å². The molecule has 1 spiro atoms. The normalized spacial score (nSPS) is 22.5. The first-order valence-corrected chi connectivity index (χ1v) is 16.8. The van der Waals surface area contributed by atoms with Crippen molar-refractivity contribution in [2.45, 2.75) is 58.4 Å². The minimum Gasteiger partial charge on any atom is -0.493 e. The van der Waals surface area contributed by atoms with Crippen LogP contribution in [0.4, 0.5) is 0 Å². The van der Waals surface area contributed by atoms with Crippen molar-refractivity contribution >= 4 is 17.7 Å². The van der Waals surface area contributed by atoms with E-state index >= 15 is 0 Å². The van der Waals surface area contributed by atoms with Gasteiger partial charge in [-0.15, -0.1) is 0 Å². The molecule has 8 rings (SSSR count). The number of nitrogens with one attached hydrogen (secondary N) is 1. The van der Waals surface area contributed by atoms with E-state index in [0.29, 0.717) is 102 Å². The second kappa shape index (κ2) is 12.9. The number of para-hydroxylation sites is 1. The standard InChI is InChI=1S/C36H43N5O6/c1-24-18-25(2)41(38-24)15-11-33(43)40-20-29-28-6-3-7-31-34(28)47-23-36(29,22-40)21-37-32(42)8-4-13-39(14-5-16-45-31)35(44)27-9-10-30-26(19-27)12-17-46-30/h3,6-7,9-10,18-19,29H,4-5,8,11-17,20-23H2,1-2H3,(H,37,42)/t29-,36+/m0/s1. The molecule has 1 N–H and O–H groups in total. The van der Waals surface area contributed by atoms with E-state index in [4.69, 9.17) is 14.2 Å². The number of amides is 3. The topological polar surface area (TPSA) is 115 Å². The molecule has 1 fully saturated rings. The predicted octanol–water partition coefficient (Wildman–Crippen LogP) is 3.65. The highest BCUT2D eigenvalue weighted by Crippen LogP contribution is 2.52. The number of rotatable bonds is 4. The van der Waals surface area contributed by atoms with E-state index in [1.165, 1.54) is 0 Å². The van der Waals surface area contributed by atoms with Gasteiger partial charge in [0, 0.05) is 86.7 Å². The SMILES string of the molecule is Cc1cc(C)n(CCC(=O)N2C[C@H]3c4cccc5c4OC[C@@]3(CNC(=O)CCCN(C(=O)c3ccc4c(c3)CCO4)CCCO5)C2)n1. The van der Waals surface area contributed by atoms with Crippen LogP contribution in [-0.2, 0) is 22.6 Å². The Kier molecular flexibility index (Phi) is 8.55. The number of fused-ring (bicyclic) bond motifs is 12. The molecule has 0 radical (unpaired) electrons. The van der Waals surface area contributed by atoms with Crippen LogP contribution in [0, 0.1) is 19.3 Å². The summed E-state index contributed by atoms with van der Waals surface area (Å²) in [5.41, 5.74) is 4.20. The molecule has 2 aromatic carbocycles. The van der Waals surface area contributed by atoms with Crippen molar-refractivity contribution in [2.24, 2.45) is 5.41 Å². The minimum atomic E-state index is -0.467. The molecular formula is C36H43N5O6. The first kappa shape index (κ1) is 31.1. The smallest absolute Gasteiger partial charge is 0.253 e. The third-order valence-electron chi connectivity index (χ3n) is 10.1. The molecule has 1 aromatic heterocycles. The lowest BCUT2D eigenvalue weighted by molar-refractivity contribution is -0.130. The van der Waals surface area contributed by atoms with Crippen LogP contribution in [-0.4, -0.2) is 89.8 Å². The van der Waals surface area contributed by atoms with Crippen LogP contribution < -0.4 is 19.5 Å². The Balaban J connectivity index is 1.08. The zero-order chi connectivity index (χ0) is 32.5. The van der Waals surface area contributed by atoms with Gasteiger partial charge in [-0.1, -0.05) is 12.1 Å². The van der Waals surface area contributed by atoms with Crippen LogP contribution in [0.1, 0.15) is 64.5 Å². The van der Waals surface area contributed by atoms with Gasteiger partial charge >= 0.3 is 0 Å². The number of carbonyl (C=O) groups is 3. The number of aromatic nitrogens is 2. The lowest BCUT2D eigenvalue weighted by Gasteiger charge is -2.40. The highest BCUT2D eigenvalue weighted by molar-refractivity contribution is 5.94. The predicted molar refractivity (Wildman–Crippen MR) is 174 cm³/mol. The molecule has 6 heterocycles. The zero-order valence-corrected chi connectivity index (χ0v) is 27.3. The number of hydrogen-bond acceptors (Lipinski definition) is 7. The van der Waals surface area contributed by atoms with Gasteiger partial charge in [0.15, 0.2) is 11.5 Å². The molecule has 47 heavy (non-hydrogen) atoms. The number of likely N-dealkylation sites (tertiary alicyclic amines) is 1. The summed E-state index contributed by atoms with van der Waals surface area (Å²) < 4.78 is 20.2. The quantitative estimate of drug-likeness (QED) is 0.463. The lowest BCUT2D eigenvalue weighted by atomic mass is 9.73. The molecule has 1 saturated heterocycles.